The lowest BCUT2D eigenvalue weighted by Crippen LogP contribution is -2.38. The number of anilines is 2. The van der Waals surface area contributed by atoms with Gasteiger partial charge in [0.15, 0.2) is 0 Å². The standard InChI is InChI=1S/C29H28F6N2O2/c30-28(31,32)12-13-37-19-27(25-9-1-2-10-26(25)37,17-20-5-3-8-24(15-20)39-29(33,34)35)21-6-4-7-22(16-21)36-23-11-14-38-18-23/h1-10,15-16,23,36H,11-14,17-19H2/t23-,27?/m1/s1. The third-order valence-corrected chi connectivity index (χ3v) is 7.24. The molecule has 2 aliphatic rings. The maximum atomic E-state index is 13.2. The predicted octanol–water partition coefficient (Wildman–Crippen LogP) is 7.09. The summed E-state index contributed by atoms with van der Waals surface area (Å²) in [5.74, 6) is -0.341. The number of nitrogens with zero attached hydrogens (tertiary/aromatic N) is 1. The van der Waals surface area contributed by atoms with E-state index in [0.29, 0.717) is 24.5 Å². The van der Waals surface area contributed by atoms with Gasteiger partial charge in [0.05, 0.1) is 19.1 Å². The van der Waals surface area contributed by atoms with Crippen molar-refractivity contribution in [3.05, 3.63) is 89.5 Å². The van der Waals surface area contributed by atoms with Crippen molar-refractivity contribution in [2.24, 2.45) is 0 Å². The van der Waals surface area contributed by atoms with Crippen LogP contribution in [0.1, 0.15) is 29.5 Å². The monoisotopic (exact) mass is 550 g/mol. The van der Waals surface area contributed by atoms with E-state index in [0.717, 1.165) is 23.2 Å². The lowest BCUT2D eigenvalue weighted by Gasteiger charge is -2.33. The van der Waals surface area contributed by atoms with Crippen LogP contribution in [0, 0.1) is 0 Å². The molecule has 5 rings (SSSR count). The van der Waals surface area contributed by atoms with Crippen LogP contribution in [0.4, 0.5) is 37.7 Å². The number of rotatable bonds is 8. The molecule has 0 bridgehead atoms. The fourth-order valence-corrected chi connectivity index (χ4v) is 5.60. The molecule has 0 amide bonds. The smallest absolute Gasteiger partial charge is 0.406 e. The number of halogens is 6. The van der Waals surface area contributed by atoms with Crippen LogP contribution in [0.15, 0.2) is 72.8 Å². The minimum Gasteiger partial charge on any atom is -0.406 e. The summed E-state index contributed by atoms with van der Waals surface area (Å²) in [6.45, 7) is 1.26. The highest BCUT2D eigenvalue weighted by Crippen LogP contribution is 2.48. The molecule has 0 aromatic heterocycles. The molecule has 0 aliphatic carbocycles. The van der Waals surface area contributed by atoms with Gasteiger partial charge in [-0.15, -0.1) is 13.2 Å². The van der Waals surface area contributed by atoms with E-state index in [4.69, 9.17) is 4.74 Å². The molecule has 0 radical (unpaired) electrons. The van der Waals surface area contributed by atoms with Crippen molar-refractivity contribution in [2.75, 3.05) is 36.5 Å². The van der Waals surface area contributed by atoms with Crippen molar-refractivity contribution in [2.45, 2.75) is 43.3 Å². The highest BCUT2D eigenvalue weighted by molar-refractivity contribution is 5.68. The van der Waals surface area contributed by atoms with Gasteiger partial charge in [-0.25, -0.2) is 0 Å². The zero-order valence-corrected chi connectivity index (χ0v) is 21.0. The maximum absolute atomic E-state index is 13.2. The van der Waals surface area contributed by atoms with Gasteiger partial charge in [0.25, 0.3) is 0 Å². The summed E-state index contributed by atoms with van der Waals surface area (Å²) >= 11 is 0. The van der Waals surface area contributed by atoms with E-state index in [9.17, 15) is 26.3 Å². The Labute approximate surface area is 222 Å². The van der Waals surface area contributed by atoms with Crippen molar-refractivity contribution in [3.63, 3.8) is 0 Å². The largest absolute Gasteiger partial charge is 0.573 e. The van der Waals surface area contributed by atoms with Gasteiger partial charge in [-0.3, -0.25) is 0 Å². The fraction of sp³-hybridized carbons (Fsp3) is 0.379. The lowest BCUT2D eigenvalue weighted by atomic mass is 9.71. The highest BCUT2D eigenvalue weighted by atomic mass is 19.4. The average Bonchev–Trinajstić information content (AvgIpc) is 3.49. The molecule has 4 nitrogen and oxygen atoms in total. The minimum absolute atomic E-state index is 0.145. The highest BCUT2D eigenvalue weighted by Gasteiger charge is 2.45. The summed E-state index contributed by atoms with van der Waals surface area (Å²) in [7, 11) is 0. The molecule has 1 saturated heterocycles. The first kappa shape index (κ1) is 27.2. The van der Waals surface area contributed by atoms with E-state index in [2.05, 4.69) is 10.1 Å². The molecule has 1 N–H and O–H groups in total. The summed E-state index contributed by atoms with van der Waals surface area (Å²) in [6.07, 6.45) is -9.02. The predicted molar refractivity (Wildman–Crippen MR) is 136 cm³/mol. The molecule has 2 atom stereocenters. The van der Waals surface area contributed by atoms with E-state index in [1.54, 1.807) is 23.1 Å². The number of benzene rings is 3. The third-order valence-electron chi connectivity index (χ3n) is 7.24. The van der Waals surface area contributed by atoms with Crippen molar-refractivity contribution >= 4 is 11.4 Å². The van der Waals surface area contributed by atoms with Crippen LogP contribution in [-0.2, 0) is 16.6 Å². The second-order valence-corrected chi connectivity index (χ2v) is 10.0. The van der Waals surface area contributed by atoms with Crippen LogP contribution in [0.5, 0.6) is 5.75 Å². The molecule has 0 spiro atoms. The molecule has 2 heterocycles. The number of alkyl halides is 6. The van der Waals surface area contributed by atoms with E-state index in [-0.39, 0.29) is 31.3 Å². The molecular formula is C29H28F6N2O2. The Kier molecular flexibility index (Phi) is 7.41. The summed E-state index contributed by atoms with van der Waals surface area (Å²) in [5, 5.41) is 3.47. The van der Waals surface area contributed by atoms with Gasteiger partial charge >= 0.3 is 12.5 Å². The van der Waals surface area contributed by atoms with Gasteiger partial charge in [-0.2, -0.15) is 13.2 Å². The first-order valence-corrected chi connectivity index (χ1v) is 12.7. The molecule has 39 heavy (non-hydrogen) atoms. The Morgan fingerprint density at radius 3 is 2.49 bits per heavy atom. The van der Waals surface area contributed by atoms with Crippen LogP contribution in [0.25, 0.3) is 0 Å². The molecule has 3 aromatic rings. The summed E-state index contributed by atoms with van der Waals surface area (Å²) in [4.78, 5) is 1.73. The Bertz CT molecular complexity index is 1290. The first-order chi connectivity index (χ1) is 18.5. The molecule has 2 aliphatic heterocycles. The number of nitrogens with one attached hydrogen (secondary N) is 1. The number of fused-ring (bicyclic) bond motifs is 1. The molecular weight excluding hydrogens is 522 g/mol. The van der Waals surface area contributed by atoms with Crippen LogP contribution >= 0.6 is 0 Å². The topological polar surface area (TPSA) is 33.7 Å². The number of ether oxygens (including phenoxy) is 2. The van der Waals surface area contributed by atoms with Crippen molar-refractivity contribution < 1.29 is 35.8 Å². The quantitative estimate of drug-likeness (QED) is 0.304. The van der Waals surface area contributed by atoms with E-state index < -0.39 is 24.4 Å². The van der Waals surface area contributed by atoms with Gasteiger partial charge < -0.3 is 19.7 Å². The Hall–Kier alpha value is -3.40. The SMILES string of the molecule is FC(F)(F)CCN1CC(Cc2cccc(OC(F)(F)F)c2)(c2cccc(N[C@@H]3CCOC3)c2)c2ccccc21. The molecule has 0 saturated carbocycles. The molecule has 1 fully saturated rings. The van der Waals surface area contributed by atoms with Gasteiger partial charge in [-0.1, -0.05) is 42.5 Å². The van der Waals surface area contributed by atoms with Crippen molar-refractivity contribution in [1.29, 1.82) is 0 Å². The third kappa shape index (κ3) is 6.43. The van der Waals surface area contributed by atoms with E-state index in [1.165, 1.54) is 18.2 Å². The van der Waals surface area contributed by atoms with Crippen LogP contribution in [0.2, 0.25) is 0 Å². The molecule has 3 aromatic carbocycles. The first-order valence-electron chi connectivity index (χ1n) is 12.7. The minimum atomic E-state index is -4.84. The molecule has 1 unspecified atom stereocenters. The molecule has 10 heteroatoms. The summed E-state index contributed by atoms with van der Waals surface area (Å²) in [6, 6.07) is 21.0. The Morgan fingerprint density at radius 1 is 0.949 bits per heavy atom. The summed E-state index contributed by atoms with van der Waals surface area (Å²) in [5.41, 5.74) is 2.98. The Morgan fingerprint density at radius 2 is 1.74 bits per heavy atom. The van der Waals surface area contributed by atoms with Gasteiger partial charge in [0.1, 0.15) is 5.75 Å². The second-order valence-electron chi connectivity index (χ2n) is 10.0. The van der Waals surface area contributed by atoms with E-state index >= 15 is 0 Å². The average molecular weight is 551 g/mol. The number of para-hydroxylation sites is 1. The zero-order valence-electron chi connectivity index (χ0n) is 21.0. The zero-order chi connectivity index (χ0) is 27.7. The van der Waals surface area contributed by atoms with Crippen LogP contribution < -0.4 is 15.0 Å². The number of hydrogen-bond donors (Lipinski definition) is 1. The van der Waals surface area contributed by atoms with Gasteiger partial charge in [0, 0.05) is 36.5 Å². The van der Waals surface area contributed by atoms with Crippen molar-refractivity contribution in [1.82, 2.24) is 0 Å². The van der Waals surface area contributed by atoms with Gasteiger partial charge in [0.2, 0.25) is 0 Å². The number of hydrogen-bond acceptors (Lipinski definition) is 4. The fourth-order valence-electron chi connectivity index (χ4n) is 5.60. The van der Waals surface area contributed by atoms with Crippen LogP contribution in [-0.4, -0.2) is 44.9 Å². The van der Waals surface area contributed by atoms with Crippen LogP contribution in [0.3, 0.4) is 0 Å². The summed E-state index contributed by atoms with van der Waals surface area (Å²) < 4.78 is 88.1. The normalized spacial score (nSPS) is 21.2. The van der Waals surface area contributed by atoms with E-state index in [1.807, 2.05) is 36.4 Å². The second kappa shape index (κ2) is 10.6. The van der Waals surface area contributed by atoms with Gasteiger partial charge in [-0.05, 0) is 59.9 Å². The Balaban J connectivity index is 1.56. The molecule has 208 valence electrons. The maximum Gasteiger partial charge on any atom is 0.573 e. The van der Waals surface area contributed by atoms with Crippen molar-refractivity contribution in [3.8, 4) is 5.75 Å². The lowest BCUT2D eigenvalue weighted by molar-refractivity contribution is -0.274.